The van der Waals surface area contributed by atoms with Crippen molar-refractivity contribution in [2.75, 3.05) is 6.54 Å². The highest BCUT2D eigenvalue weighted by Crippen LogP contribution is 2.27. The lowest BCUT2D eigenvalue weighted by Gasteiger charge is -2.08. The molecule has 0 aromatic heterocycles. The van der Waals surface area contributed by atoms with E-state index in [1.54, 1.807) is 0 Å². The molecule has 0 bridgehead atoms. The van der Waals surface area contributed by atoms with E-state index in [-0.39, 0.29) is 0 Å². The smallest absolute Gasteiger partial charge is 0.0871 e. The van der Waals surface area contributed by atoms with Crippen molar-refractivity contribution in [3.63, 3.8) is 0 Å². The monoisotopic (exact) mass is 186 g/mol. The van der Waals surface area contributed by atoms with Gasteiger partial charge in [-0.15, -0.1) is 0 Å². The summed E-state index contributed by atoms with van der Waals surface area (Å²) in [6.07, 6.45) is 0. The van der Waals surface area contributed by atoms with E-state index in [0.29, 0.717) is 6.54 Å². The van der Waals surface area contributed by atoms with Crippen LogP contribution in [-0.2, 0) is 13.1 Å². The molecule has 0 unspecified atom stereocenters. The predicted molar refractivity (Wildman–Crippen MR) is 55.6 cm³/mol. The standard InChI is InChI=1S/C12H14N2/c1-9-3-4-10(2)12-8-14(6-5-13)7-11(9)12/h3-4H,6-8H2,1-2H3. The summed E-state index contributed by atoms with van der Waals surface area (Å²) >= 11 is 0. The highest BCUT2D eigenvalue weighted by molar-refractivity contribution is 5.42. The molecule has 0 radical (unpaired) electrons. The van der Waals surface area contributed by atoms with Gasteiger partial charge in [-0.1, -0.05) is 12.1 Å². The summed E-state index contributed by atoms with van der Waals surface area (Å²) in [5.74, 6) is 0. The molecule has 0 N–H and O–H groups in total. The summed E-state index contributed by atoms with van der Waals surface area (Å²) < 4.78 is 0. The van der Waals surface area contributed by atoms with E-state index in [4.69, 9.17) is 5.26 Å². The minimum absolute atomic E-state index is 0.535. The Labute approximate surface area is 84.8 Å². The van der Waals surface area contributed by atoms with Gasteiger partial charge in [-0.2, -0.15) is 5.26 Å². The lowest BCUT2D eigenvalue weighted by molar-refractivity contribution is 0.320. The Bertz CT molecular complexity index is 371. The Kier molecular flexibility index (Phi) is 2.26. The van der Waals surface area contributed by atoms with Crippen LogP contribution in [0.15, 0.2) is 12.1 Å². The molecular formula is C12H14N2. The lowest BCUT2D eigenvalue weighted by atomic mass is 10.0. The molecule has 1 heterocycles. The Morgan fingerprint density at radius 1 is 1.21 bits per heavy atom. The number of rotatable bonds is 1. The summed E-state index contributed by atoms with van der Waals surface area (Å²) in [7, 11) is 0. The van der Waals surface area contributed by atoms with Gasteiger partial charge in [0.25, 0.3) is 0 Å². The van der Waals surface area contributed by atoms with Gasteiger partial charge in [0.05, 0.1) is 12.6 Å². The van der Waals surface area contributed by atoms with Crippen molar-refractivity contribution in [3.8, 4) is 6.07 Å². The summed E-state index contributed by atoms with van der Waals surface area (Å²) in [6.45, 7) is 6.71. The number of hydrogen-bond acceptors (Lipinski definition) is 2. The van der Waals surface area contributed by atoms with E-state index >= 15 is 0 Å². The van der Waals surface area contributed by atoms with Gasteiger partial charge in [0.15, 0.2) is 0 Å². The van der Waals surface area contributed by atoms with Crippen molar-refractivity contribution >= 4 is 0 Å². The van der Waals surface area contributed by atoms with E-state index in [9.17, 15) is 0 Å². The molecule has 14 heavy (non-hydrogen) atoms. The third-order valence-electron chi connectivity index (χ3n) is 2.96. The third kappa shape index (κ3) is 1.40. The van der Waals surface area contributed by atoms with Crippen LogP contribution in [0, 0.1) is 25.2 Å². The molecule has 1 aliphatic heterocycles. The molecule has 0 atom stereocenters. The van der Waals surface area contributed by atoms with Gasteiger partial charge < -0.3 is 0 Å². The zero-order valence-corrected chi connectivity index (χ0v) is 8.67. The number of aryl methyl sites for hydroxylation is 2. The van der Waals surface area contributed by atoms with Crippen LogP contribution in [0.25, 0.3) is 0 Å². The second-order valence-corrected chi connectivity index (χ2v) is 3.96. The fraction of sp³-hybridized carbons (Fsp3) is 0.417. The molecule has 1 aromatic rings. The van der Waals surface area contributed by atoms with Crippen LogP contribution in [0.1, 0.15) is 22.3 Å². The van der Waals surface area contributed by atoms with Crippen molar-refractivity contribution in [3.05, 3.63) is 34.4 Å². The van der Waals surface area contributed by atoms with Crippen molar-refractivity contribution < 1.29 is 0 Å². The Morgan fingerprint density at radius 2 is 1.71 bits per heavy atom. The van der Waals surface area contributed by atoms with Crippen molar-refractivity contribution in [1.29, 1.82) is 5.26 Å². The van der Waals surface area contributed by atoms with Crippen molar-refractivity contribution in [2.45, 2.75) is 26.9 Å². The van der Waals surface area contributed by atoms with Crippen LogP contribution in [-0.4, -0.2) is 11.4 Å². The van der Waals surface area contributed by atoms with Gasteiger partial charge in [0.1, 0.15) is 0 Å². The average molecular weight is 186 g/mol. The average Bonchev–Trinajstić information content (AvgIpc) is 2.57. The van der Waals surface area contributed by atoms with E-state index in [2.05, 4.69) is 36.9 Å². The normalized spacial score (nSPS) is 15.2. The first-order valence-corrected chi connectivity index (χ1v) is 4.89. The van der Waals surface area contributed by atoms with Gasteiger partial charge in [0.2, 0.25) is 0 Å². The van der Waals surface area contributed by atoms with E-state index in [1.165, 1.54) is 22.3 Å². The molecule has 2 rings (SSSR count). The molecule has 2 nitrogen and oxygen atoms in total. The van der Waals surface area contributed by atoms with Crippen LogP contribution >= 0.6 is 0 Å². The summed E-state index contributed by atoms with van der Waals surface area (Å²) in [4.78, 5) is 2.19. The number of benzene rings is 1. The Morgan fingerprint density at radius 3 is 2.14 bits per heavy atom. The van der Waals surface area contributed by atoms with E-state index in [1.807, 2.05) is 0 Å². The minimum Gasteiger partial charge on any atom is -0.282 e. The van der Waals surface area contributed by atoms with E-state index in [0.717, 1.165) is 13.1 Å². The topological polar surface area (TPSA) is 27.0 Å². The Balaban J connectivity index is 2.35. The maximum Gasteiger partial charge on any atom is 0.0871 e. The first-order valence-electron chi connectivity index (χ1n) is 4.89. The van der Waals surface area contributed by atoms with Crippen LogP contribution in [0.3, 0.4) is 0 Å². The first kappa shape index (κ1) is 9.23. The molecule has 1 aromatic carbocycles. The van der Waals surface area contributed by atoms with Crippen molar-refractivity contribution in [1.82, 2.24) is 4.90 Å². The van der Waals surface area contributed by atoms with Crippen LogP contribution in [0.4, 0.5) is 0 Å². The van der Waals surface area contributed by atoms with Gasteiger partial charge >= 0.3 is 0 Å². The van der Waals surface area contributed by atoms with Crippen LogP contribution < -0.4 is 0 Å². The minimum atomic E-state index is 0.535. The number of nitrogens with zero attached hydrogens (tertiary/aromatic N) is 2. The second-order valence-electron chi connectivity index (χ2n) is 3.96. The fourth-order valence-corrected chi connectivity index (χ4v) is 2.08. The lowest BCUT2D eigenvalue weighted by Crippen LogP contribution is -2.16. The molecule has 1 aliphatic rings. The predicted octanol–water partition coefficient (Wildman–Crippen LogP) is 2.14. The van der Waals surface area contributed by atoms with Gasteiger partial charge in [0, 0.05) is 13.1 Å². The highest BCUT2D eigenvalue weighted by atomic mass is 15.1. The summed E-state index contributed by atoms with van der Waals surface area (Å²) in [5.41, 5.74) is 5.57. The molecule has 2 heteroatoms. The zero-order valence-electron chi connectivity index (χ0n) is 8.67. The second kappa shape index (κ2) is 3.43. The molecule has 72 valence electrons. The maximum absolute atomic E-state index is 8.65. The number of hydrogen-bond donors (Lipinski definition) is 0. The third-order valence-corrected chi connectivity index (χ3v) is 2.96. The van der Waals surface area contributed by atoms with Crippen LogP contribution in [0.2, 0.25) is 0 Å². The van der Waals surface area contributed by atoms with Gasteiger partial charge in [-0.3, -0.25) is 4.90 Å². The van der Waals surface area contributed by atoms with Crippen LogP contribution in [0.5, 0.6) is 0 Å². The number of fused-ring (bicyclic) bond motifs is 1. The fourth-order valence-electron chi connectivity index (χ4n) is 2.08. The summed E-state index contributed by atoms with van der Waals surface area (Å²) in [5, 5.41) is 8.65. The Hall–Kier alpha value is -1.33. The maximum atomic E-state index is 8.65. The first-order chi connectivity index (χ1) is 6.72. The number of nitriles is 1. The SMILES string of the molecule is Cc1ccc(C)c2c1CN(CC#N)C2. The molecular weight excluding hydrogens is 172 g/mol. The highest BCUT2D eigenvalue weighted by Gasteiger charge is 2.21. The summed E-state index contributed by atoms with van der Waals surface area (Å²) in [6, 6.07) is 6.55. The molecule has 0 saturated carbocycles. The zero-order chi connectivity index (χ0) is 10.1. The molecule has 0 aliphatic carbocycles. The molecule has 0 saturated heterocycles. The largest absolute Gasteiger partial charge is 0.282 e. The molecule has 0 fully saturated rings. The quantitative estimate of drug-likeness (QED) is 0.628. The van der Waals surface area contributed by atoms with Crippen molar-refractivity contribution in [2.24, 2.45) is 0 Å². The van der Waals surface area contributed by atoms with Gasteiger partial charge in [-0.25, -0.2) is 0 Å². The van der Waals surface area contributed by atoms with E-state index < -0.39 is 0 Å². The van der Waals surface area contributed by atoms with Gasteiger partial charge in [-0.05, 0) is 36.1 Å². The molecule has 0 spiro atoms. The molecule has 0 amide bonds.